The average molecular weight is 562 g/mol. The summed E-state index contributed by atoms with van der Waals surface area (Å²) < 4.78 is 1.58. The summed E-state index contributed by atoms with van der Waals surface area (Å²) in [5.74, 6) is 3.23. The van der Waals surface area contributed by atoms with Crippen LogP contribution in [0.3, 0.4) is 0 Å². The second-order valence-electron chi connectivity index (χ2n) is 12.8. The van der Waals surface area contributed by atoms with Gasteiger partial charge in [0, 0.05) is 42.3 Å². The van der Waals surface area contributed by atoms with Crippen LogP contribution in [-0.2, 0) is 25.7 Å². The van der Waals surface area contributed by atoms with Crippen LogP contribution in [0.25, 0.3) is 17.1 Å². The van der Waals surface area contributed by atoms with Gasteiger partial charge in [0.05, 0.1) is 5.69 Å². The average Bonchev–Trinajstić information content (AvgIpc) is 3.92. The maximum Gasteiger partial charge on any atom is 0.248 e. The van der Waals surface area contributed by atoms with Gasteiger partial charge in [-0.15, -0.1) is 15.3 Å². The molecule has 3 N–H and O–H groups in total. The van der Waals surface area contributed by atoms with Crippen molar-refractivity contribution in [3.63, 3.8) is 0 Å². The zero-order valence-corrected chi connectivity index (χ0v) is 24.2. The lowest BCUT2D eigenvalue weighted by molar-refractivity contribution is 0.165. The fourth-order valence-corrected chi connectivity index (χ4v) is 6.88. The van der Waals surface area contributed by atoms with Gasteiger partial charge in [-0.1, -0.05) is 6.07 Å². The highest BCUT2D eigenvalue weighted by atomic mass is 15.4. The van der Waals surface area contributed by atoms with Crippen molar-refractivity contribution in [3.8, 4) is 17.1 Å². The molecule has 0 radical (unpaired) electrons. The van der Waals surface area contributed by atoms with Crippen molar-refractivity contribution in [3.05, 3.63) is 65.0 Å². The van der Waals surface area contributed by atoms with Crippen molar-refractivity contribution in [1.29, 1.82) is 0 Å². The Labute approximate surface area is 247 Å². The Balaban J connectivity index is 0.982. The molecule has 9 nitrogen and oxygen atoms in total. The van der Waals surface area contributed by atoms with Crippen LogP contribution in [0.2, 0.25) is 0 Å². The Morgan fingerprint density at radius 3 is 2.48 bits per heavy atom. The van der Waals surface area contributed by atoms with E-state index in [4.69, 9.17) is 5.73 Å². The quantitative estimate of drug-likeness (QED) is 0.279. The number of anilines is 3. The van der Waals surface area contributed by atoms with E-state index >= 15 is 0 Å². The molecule has 216 valence electrons. The van der Waals surface area contributed by atoms with Gasteiger partial charge in [0.2, 0.25) is 11.9 Å². The molecule has 4 aromatic rings. The summed E-state index contributed by atoms with van der Waals surface area (Å²) in [6, 6.07) is 13.5. The minimum absolute atomic E-state index is 0.284. The zero-order valence-electron chi connectivity index (χ0n) is 24.2. The lowest BCUT2D eigenvalue weighted by Gasteiger charge is -2.31. The number of aryl methyl sites for hydroxylation is 4. The summed E-state index contributed by atoms with van der Waals surface area (Å²) >= 11 is 0. The molecule has 2 fully saturated rings. The number of pyridine rings is 1. The summed E-state index contributed by atoms with van der Waals surface area (Å²) in [5.41, 5.74) is 14.4. The Morgan fingerprint density at radius 1 is 0.857 bits per heavy atom. The van der Waals surface area contributed by atoms with Gasteiger partial charge in [0.1, 0.15) is 0 Å². The number of hydrogen-bond acceptors (Lipinski definition) is 8. The van der Waals surface area contributed by atoms with Crippen LogP contribution in [0, 0.1) is 11.8 Å². The third-order valence-electron chi connectivity index (χ3n) is 9.57. The van der Waals surface area contributed by atoms with Gasteiger partial charge >= 0.3 is 0 Å². The molecule has 0 saturated heterocycles. The third-order valence-corrected chi connectivity index (χ3v) is 9.57. The predicted molar refractivity (Wildman–Crippen MR) is 164 cm³/mol. The lowest BCUT2D eigenvalue weighted by atomic mass is 10.0. The maximum absolute atomic E-state index is 6.33. The van der Waals surface area contributed by atoms with E-state index in [9.17, 15) is 0 Å². The van der Waals surface area contributed by atoms with Gasteiger partial charge in [-0.05, 0) is 129 Å². The zero-order chi connectivity index (χ0) is 28.0. The first-order chi connectivity index (χ1) is 20.7. The molecule has 3 aromatic heterocycles. The van der Waals surface area contributed by atoms with E-state index in [1.165, 1.54) is 62.7 Å². The first kappa shape index (κ1) is 25.8. The van der Waals surface area contributed by atoms with Gasteiger partial charge in [-0.3, -0.25) is 9.88 Å². The Kier molecular flexibility index (Phi) is 6.62. The first-order valence-corrected chi connectivity index (χ1v) is 15.8. The molecule has 42 heavy (non-hydrogen) atoms. The van der Waals surface area contributed by atoms with Crippen molar-refractivity contribution >= 4 is 17.6 Å². The number of nitrogens with zero attached hydrogens (tertiary/aromatic N) is 7. The van der Waals surface area contributed by atoms with Crippen molar-refractivity contribution in [2.75, 3.05) is 24.1 Å². The standard InChI is InChI=1S/C33H39N9/c34-32-37-33(40-42(32)30-18-25-3-1-5-29-28(4-2-16-35-29)31(25)39-38-30)36-26-13-10-23-11-14-27(15-12-24(23)17-26)41(19-21-6-7-21)20-22-8-9-22/h2,4,10,13,16-18,21-22,27H,1,3,5-9,11-12,14-15,19-20H2,(H3,34,36,37,40)/t27-/m1/s1. The summed E-state index contributed by atoms with van der Waals surface area (Å²) in [7, 11) is 0. The molecule has 1 atom stereocenters. The van der Waals surface area contributed by atoms with Crippen LogP contribution >= 0.6 is 0 Å². The van der Waals surface area contributed by atoms with E-state index < -0.39 is 0 Å². The van der Waals surface area contributed by atoms with Gasteiger partial charge in [-0.25, -0.2) is 0 Å². The Hall–Kier alpha value is -3.85. The van der Waals surface area contributed by atoms with Crippen LogP contribution in [0.15, 0.2) is 42.6 Å². The molecule has 1 aromatic carbocycles. The highest BCUT2D eigenvalue weighted by Crippen LogP contribution is 2.37. The van der Waals surface area contributed by atoms with E-state index in [-0.39, 0.29) is 5.95 Å². The molecule has 0 aliphatic heterocycles. The van der Waals surface area contributed by atoms with Crippen LogP contribution in [0.1, 0.15) is 67.3 Å². The second-order valence-corrected chi connectivity index (χ2v) is 12.8. The third kappa shape index (κ3) is 5.38. The number of nitrogen functional groups attached to an aromatic ring is 1. The molecule has 4 aliphatic rings. The molecule has 3 heterocycles. The summed E-state index contributed by atoms with van der Waals surface area (Å²) in [5, 5.41) is 17.2. The van der Waals surface area contributed by atoms with Crippen molar-refractivity contribution < 1.29 is 0 Å². The van der Waals surface area contributed by atoms with Crippen molar-refractivity contribution in [1.82, 2.24) is 34.8 Å². The minimum atomic E-state index is 0.284. The second kappa shape index (κ2) is 10.8. The van der Waals surface area contributed by atoms with E-state index in [1.807, 2.05) is 18.3 Å². The normalized spacial score (nSPS) is 19.9. The number of benzene rings is 1. The summed E-state index contributed by atoms with van der Waals surface area (Å²) in [6.45, 7) is 2.64. The molecule has 0 amide bonds. The number of nitrogens with two attached hydrogens (primary N) is 1. The van der Waals surface area contributed by atoms with Crippen molar-refractivity contribution in [2.45, 2.75) is 76.7 Å². The number of hydrogen-bond donors (Lipinski definition) is 2. The molecule has 4 aliphatic carbocycles. The first-order valence-electron chi connectivity index (χ1n) is 15.8. The fraction of sp³-hybridized carbons (Fsp3) is 0.485. The van der Waals surface area contributed by atoms with Gasteiger partial charge < -0.3 is 11.1 Å². The van der Waals surface area contributed by atoms with E-state index in [0.29, 0.717) is 17.8 Å². The number of rotatable bonds is 8. The molecule has 2 saturated carbocycles. The highest BCUT2D eigenvalue weighted by Gasteiger charge is 2.33. The van der Waals surface area contributed by atoms with Crippen molar-refractivity contribution in [2.24, 2.45) is 11.8 Å². The molecule has 0 unspecified atom stereocenters. The fourth-order valence-electron chi connectivity index (χ4n) is 6.88. The van der Waals surface area contributed by atoms with Gasteiger partial charge in [0.25, 0.3) is 0 Å². The molecule has 0 spiro atoms. The molecule has 0 bridgehead atoms. The van der Waals surface area contributed by atoms with Gasteiger partial charge in [-0.2, -0.15) is 9.67 Å². The van der Waals surface area contributed by atoms with E-state index in [2.05, 4.69) is 59.7 Å². The summed E-state index contributed by atoms with van der Waals surface area (Å²) in [4.78, 5) is 11.9. The Morgan fingerprint density at radius 2 is 1.67 bits per heavy atom. The van der Waals surface area contributed by atoms with Gasteiger partial charge in [0.15, 0.2) is 5.82 Å². The number of fused-ring (bicyclic) bond motifs is 4. The summed E-state index contributed by atoms with van der Waals surface area (Å²) in [6.07, 6.45) is 15.2. The molecular weight excluding hydrogens is 522 g/mol. The number of aromatic nitrogens is 6. The smallest absolute Gasteiger partial charge is 0.248 e. The topological polar surface area (TPSA) is 111 Å². The number of nitrogens with one attached hydrogen (secondary N) is 1. The Bertz CT molecular complexity index is 1590. The molecular formula is C33H39N9. The van der Waals surface area contributed by atoms with E-state index in [0.717, 1.165) is 72.1 Å². The van der Waals surface area contributed by atoms with Crippen LogP contribution in [0.5, 0.6) is 0 Å². The monoisotopic (exact) mass is 561 g/mol. The molecule has 9 heteroatoms. The lowest BCUT2D eigenvalue weighted by Crippen LogP contribution is -2.38. The highest BCUT2D eigenvalue weighted by molar-refractivity contribution is 5.67. The largest absolute Gasteiger partial charge is 0.368 e. The van der Waals surface area contributed by atoms with Crippen LogP contribution in [-0.4, -0.2) is 54.0 Å². The minimum Gasteiger partial charge on any atom is -0.368 e. The van der Waals surface area contributed by atoms with Crippen LogP contribution in [0.4, 0.5) is 17.6 Å². The SMILES string of the molecule is Nc1nc(Nc2ccc3c(c2)CC[C@H](N(CC2CC2)CC2CC2)CC3)nn1-c1cc2c(nn1)-c1cccnc1CCC2. The maximum atomic E-state index is 6.33. The van der Waals surface area contributed by atoms with E-state index in [1.54, 1.807) is 4.68 Å². The van der Waals surface area contributed by atoms with Crippen LogP contribution < -0.4 is 11.1 Å². The molecule has 8 rings (SSSR count). The predicted octanol–water partition coefficient (Wildman–Crippen LogP) is 5.30.